The van der Waals surface area contributed by atoms with Crippen molar-refractivity contribution in [3.8, 4) is 11.1 Å². The SMILES string of the molecule is CNC(CO)c1cccc(-c2ccc3c(c2)CCOC3)c1. The van der Waals surface area contributed by atoms with E-state index in [2.05, 4.69) is 35.6 Å². The molecule has 0 bridgehead atoms. The van der Waals surface area contributed by atoms with Crippen molar-refractivity contribution in [2.24, 2.45) is 0 Å². The van der Waals surface area contributed by atoms with Crippen LogP contribution in [0.25, 0.3) is 11.1 Å². The first-order valence-electron chi connectivity index (χ1n) is 7.40. The van der Waals surface area contributed by atoms with E-state index in [0.29, 0.717) is 0 Å². The van der Waals surface area contributed by atoms with Gasteiger partial charge in [0.05, 0.1) is 25.9 Å². The number of fused-ring (bicyclic) bond motifs is 1. The molecule has 2 N–H and O–H groups in total. The third kappa shape index (κ3) is 3.00. The largest absolute Gasteiger partial charge is 0.394 e. The molecule has 0 aliphatic carbocycles. The molecule has 1 aliphatic rings. The lowest BCUT2D eigenvalue weighted by atomic mass is 9.95. The molecule has 110 valence electrons. The van der Waals surface area contributed by atoms with E-state index in [4.69, 9.17) is 4.74 Å². The lowest BCUT2D eigenvalue weighted by molar-refractivity contribution is 0.111. The van der Waals surface area contributed by atoms with E-state index in [-0.39, 0.29) is 12.6 Å². The Kier molecular flexibility index (Phi) is 4.34. The number of hydrogen-bond donors (Lipinski definition) is 2. The summed E-state index contributed by atoms with van der Waals surface area (Å²) in [7, 11) is 1.87. The average Bonchev–Trinajstić information content (AvgIpc) is 2.56. The van der Waals surface area contributed by atoms with Crippen molar-refractivity contribution in [1.29, 1.82) is 0 Å². The van der Waals surface area contributed by atoms with Gasteiger partial charge >= 0.3 is 0 Å². The zero-order valence-electron chi connectivity index (χ0n) is 12.3. The Bertz CT molecular complexity index is 620. The molecule has 1 aliphatic heterocycles. The van der Waals surface area contributed by atoms with Gasteiger partial charge in [-0.25, -0.2) is 0 Å². The molecule has 1 atom stereocenters. The van der Waals surface area contributed by atoms with E-state index in [9.17, 15) is 5.11 Å². The van der Waals surface area contributed by atoms with Gasteiger partial charge in [-0.05, 0) is 47.4 Å². The van der Waals surface area contributed by atoms with Gasteiger partial charge in [0.15, 0.2) is 0 Å². The molecule has 3 rings (SSSR count). The summed E-state index contributed by atoms with van der Waals surface area (Å²) in [6.45, 7) is 1.63. The predicted molar refractivity (Wildman–Crippen MR) is 84.1 cm³/mol. The van der Waals surface area contributed by atoms with Gasteiger partial charge in [0, 0.05) is 0 Å². The summed E-state index contributed by atoms with van der Waals surface area (Å²) in [4.78, 5) is 0. The smallest absolute Gasteiger partial charge is 0.0719 e. The molecular formula is C18H21NO2. The summed E-state index contributed by atoms with van der Waals surface area (Å²) in [6.07, 6.45) is 0.985. The Balaban J connectivity index is 1.95. The minimum Gasteiger partial charge on any atom is -0.394 e. The number of rotatable bonds is 4. The first-order valence-corrected chi connectivity index (χ1v) is 7.40. The molecule has 2 aromatic carbocycles. The highest BCUT2D eigenvalue weighted by atomic mass is 16.5. The Morgan fingerprint density at radius 3 is 2.81 bits per heavy atom. The van der Waals surface area contributed by atoms with Crippen molar-refractivity contribution in [2.45, 2.75) is 19.1 Å². The van der Waals surface area contributed by atoms with Crippen LogP contribution in [0.5, 0.6) is 0 Å². The van der Waals surface area contributed by atoms with Crippen LogP contribution in [0.2, 0.25) is 0 Å². The quantitative estimate of drug-likeness (QED) is 0.906. The van der Waals surface area contributed by atoms with Crippen molar-refractivity contribution < 1.29 is 9.84 Å². The normalized spacial score (nSPS) is 15.5. The monoisotopic (exact) mass is 283 g/mol. The van der Waals surface area contributed by atoms with Gasteiger partial charge in [-0.3, -0.25) is 0 Å². The van der Waals surface area contributed by atoms with Crippen LogP contribution in [0.15, 0.2) is 42.5 Å². The molecule has 0 amide bonds. The molecular weight excluding hydrogens is 262 g/mol. The van der Waals surface area contributed by atoms with E-state index in [1.807, 2.05) is 19.2 Å². The van der Waals surface area contributed by atoms with Crippen LogP contribution in [-0.4, -0.2) is 25.4 Å². The second kappa shape index (κ2) is 6.39. The summed E-state index contributed by atoms with van der Waals surface area (Å²) < 4.78 is 5.49. The molecule has 0 saturated heterocycles. The minimum atomic E-state index is -0.0176. The number of benzene rings is 2. The second-order valence-electron chi connectivity index (χ2n) is 5.44. The van der Waals surface area contributed by atoms with E-state index in [1.165, 1.54) is 22.3 Å². The summed E-state index contributed by atoms with van der Waals surface area (Å²) in [5, 5.41) is 12.6. The second-order valence-corrected chi connectivity index (χ2v) is 5.44. The molecule has 0 aromatic heterocycles. The van der Waals surface area contributed by atoms with Gasteiger partial charge in [-0.2, -0.15) is 0 Å². The molecule has 0 saturated carbocycles. The van der Waals surface area contributed by atoms with Gasteiger partial charge in [0.1, 0.15) is 0 Å². The maximum atomic E-state index is 9.42. The average molecular weight is 283 g/mol. The van der Waals surface area contributed by atoms with Crippen molar-refractivity contribution in [1.82, 2.24) is 5.32 Å². The molecule has 1 unspecified atom stereocenters. The Morgan fingerprint density at radius 2 is 2.00 bits per heavy atom. The lowest BCUT2D eigenvalue weighted by Crippen LogP contribution is -2.19. The fourth-order valence-electron chi connectivity index (χ4n) is 2.84. The van der Waals surface area contributed by atoms with Gasteiger partial charge in [-0.1, -0.05) is 36.4 Å². The fourth-order valence-corrected chi connectivity index (χ4v) is 2.84. The number of hydrogen-bond acceptors (Lipinski definition) is 3. The molecule has 1 heterocycles. The minimum absolute atomic E-state index is 0.0176. The van der Waals surface area contributed by atoms with Gasteiger partial charge in [0.25, 0.3) is 0 Å². The lowest BCUT2D eigenvalue weighted by Gasteiger charge is -2.18. The van der Waals surface area contributed by atoms with Crippen LogP contribution >= 0.6 is 0 Å². The number of aliphatic hydroxyl groups is 1. The standard InChI is InChI=1S/C18H21NO2/c1-19-18(11-20)16-4-2-3-13(10-16)14-5-6-17-12-21-8-7-15(17)9-14/h2-6,9-10,18-20H,7-8,11-12H2,1H3. The van der Waals surface area contributed by atoms with Crippen molar-refractivity contribution in [3.63, 3.8) is 0 Å². The Hall–Kier alpha value is -1.68. The zero-order chi connectivity index (χ0) is 14.7. The molecule has 3 heteroatoms. The number of likely N-dealkylation sites (N-methyl/N-ethyl adjacent to an activating group) is 1. The van der Waals surface area contributed by atoms with Gasteiger partial charge < -0.3 is 15.2 Å². The van der Waals surface area contributed by atoms with Crippen molar-refractivity contribution in [3.05, 3.63) is 59.2 Å². The van der Waals surface area contributed by atoms with E-state index < -0.39 is 0 Å². The number of aliphatic hydroxyl groups excluding tert-OH is 1. The van der Waals surface area contributed by atoms with Crippen LogP contribution in [0.1, 0.15) is 22.7 Å². The van der Waals surface area contributed by atoms with Crippen LogP contribution in [0, 0.1) is 0 Å². The van der Waals surface area contributed by atoms with Crippen LogP contribution < -0.4 is 5.32 Å². The highest BCUT2D eigenvalue weighted by Gasteiger charge is 2.12. The van der Waals surface area contributed by atoms with Crippen LogP contribution in [-0.2, 0) is 17.8 Å². The molecule has 21 heavy (non-hydrogen) atoms. The van der Waals surface area contributed by atoms with Gasteiger partial charge in [0.2, 0.25) is 0 Å². The summed E-state index contributed by atoms with van der Waals surface area (Å²) in [5.74, 6) is 0. The van der Waals surface area contributed by atoms with Crippen molar-refractivity contribution in [2.75, 3.05) is 20.3 Å². The molecule has 0 fully saturated rings. The maximum Gasteiger partial charge on any atom is 0.0719 e. The molecule has 3 nitrogen and oxygen atoms in total. The Labute approximate surface area is 125 Å². The maximum absolute atomic E-state index is 9.42. The molecule has 0 radical (unpaired) electrons. The predicted octanol–water partition coefficient (Wildman–Crippen LogP) is 2.68. The summed E-state index contributed by atoms with van der Waals surface area (Å²) in [6, 6.07) is 14.9. The third-order valence-electron chi connectivity index (χ3n) is 4.13. The highest BCUT2D eigenvalue weighted by molar-refractivity contribution is 5.66. The molecule has 2 aromatic rings. The molecule has 0 spiro atoms. The van der Waals surface area contributed by atoms with Crippen LogP contribution in [0.3, 0.4) is 0 Å². The number of nitrogens with one attached hydrogen (secondary N) is 1. The van der Waals surface area contributed by atoms with Crippen molar-refractivity contribution >= 4 is 0 Å². The van der Waals surface area contributed by atoms with Crippen LogP contribution in [0.4, 0.5) is 0 Å². The van der Waals surface area contributed by atoms with Gasteiger partial charge in [-0.15, -0.1) is 0 Å². The first-order chi connectivity index (χ1) is 10.3. The zero-order valence-corrected chi connectivity index (χ0v) is 12.3. The highest BCUT2D eigenvalue weighted by Crippen LogP contribution is 2.27. The summed E-state index contributed by atoms with van der Waals surface area (Å²) in [5.41, 5.74) is 6.21. The summed E-state index contributed by atoms with van der Waals surface area (Å²) >= 11 is 0. The van der Waals surface area contributed by atoms with E-state index in [1.54, 1.807) is 0 Å². The topological polar surface area (TPSA) is 41.5 Å². The number of ether oxygens (including phenoxy) is 1. The van der Waals surface area contributed by atoms with E-state index in [0.717, 1.165) is 25.2 Å². The fraction of sp³-hybridized carbons (Fsp3) is 0.333. The van der Waals surface area contributed by atoms with E-state index >= 15 is 0 Å². The Morgan fingerprint density at radius 1 is 1.14 bits per heavy atom. The third-order valence-corrected chi connectivity index (χ3v) is 4.13. The first kappa shape index (κ1) is 14.3.